The number of aromatic nitrogens is 1. The summed E-state index contributed by atoms with van der Waals surface area (Å²) in [5.74, 6) is 1.00. The Morgan fingerprint density at radius 2 is 1.95 bits per heavy atom. The number of nitrogens with zero attached hydrogens (tertiary/aromatic N) is 2. The van der Waals surface area contributed by atoms with Crippen LogP contribution in [0.2, 0.25) is 0 Å². The molecule has 1 aliphatic heterocycles. The number of nitrogens with two attached hydrogens (primary N) is 1. The Hall–Kier alpha value is -2.36. The molecule has 0 spiro atoms. The second kappa shape index (κ2) is 4.72. The minimum atomic E-state index is 0.0584. The zero-order valence-electron chi connectivity index (χ0n) is 10.6. The molecule has 0 amide bonds. The van der Waals surface area contributed by atoms with Crippen LogP contribution in [0, 0.1) is 5.41 Å². The van der Waals surface area contributed by atoms with Crippen LogP contribution in [-0.2, 0) is 13.0 Å². The molecule has 0 saturated carbocycles. The van der Waals surface area contributed by atoms with Gasteiger partial charge in [-0.1, -0.05) is 24.3 Å². The van der Waals surface area contributed by atoms with Crippen LogP contribution >= 0.6 is 0 Å². The van der Waals surface area contributed by atoms with E-state index >= 15 is 0 Å². The molecule has 1 aliphatic rings. The molecule has 0 radical (unpaired) electrons. The normalized spacial score (nSPS) is 14.0. The lowest BCUT2D eigenvalue weighted by atomic mass is 10.00. The molecule has 3 rings (SSSR count). The average Bonchev–Trinajstić information content (AvgIpc) is 2.47. The van der Waals surface area contributed by atoms with Gasteiger partial charge in [-0.05, 0) is 29.7 Å². The van der Waals surface area contributed by atoms with Gasteiger partial charge in [0.25, 0.3) is 0 Å². The molecule has 4 nitrogen and oxygen atoms in total. The third-order valence-corrected chi connectivity index (χ3v) is 3.51. The number of pyridine rings is 1. The molecule has 3 N–H and O–H groups in total. The minimum Gasteiger partial charge on any atom is -0.384 e. The van der Waals surface area contributed by atoms with Crippen molar-refractivity contribution in [1.82, 2.24) is 4.98 Å². The molecule has 1 aromatic heterocycles. The van der Waals surface area contributed by atoms with Gasteiger partial charge in [0.1, 0.15) is 11.7 Å². The Morgan fingerprint density at radius 3 is 2.63 bits per heavy atom. The number of fused-ring (bicyclic) bond motifs is 1. The fourth-order valence-corrected chi connectivity index (χ4v) is 2.42. The van der Waals surface area contributed by atoms with E-state index in [1.165, 1.54) is 11.1 Å². The number of amidine groups is 1. The summed E-state index contributed by atoms with van der Waals surface area (Å²) in [6.45, 7) is 1.87. The van der Waals surface area contributed by atoms with E-state index in [1.54, 1.807) is 6.20 Å². The first-order chi connectivity index (χ1) is 9.24. The quantitative estimate of drug-likeness (QED) is 0.634. The van der Waals surface area contributed by atoms with Gasteiger partial charge < -0.3 is 10.6 Å². The van der Waals surface area contributed by atoms with Crippen molar-refractivity contribution in [2.75, 3.05) is 11.4 Å². The maximum Gasteiger partial charge on any atom is 0.128 e. The number of hydrogen-bond acceptors (Lipinski definition) is 3. The summed E-state index contributed by atoms with van der Waals surface area (Å²) in [7, 11) is 0. The largest absolute Gasteiger partial charge is 0.384 e. The molecule has 2 heterocycles. The maximum atomic E-state index is 7.37. The standard InChI is InChI=1S/C15H16N4/c16-15(17)12-5-6-14(18-9-12)19-8-7-11-3-1-2-4-13(11)10-19/h1-6,9H,7-8,10H2,(H3,16,17). The summed E-state index contributed by atoms with van der Waals surface area (Å²) >= 11 is 0. The van der Waals surface area contributed by atoms with Crippen LogP contribution in [0.4, 0.5) is 5.82 Å². The first-order valence-electron chi connectivity index (χ1n) is 6.36. The van der Waals surface area contributed by atoms with Crippen molar-refractivity contribution in [2.45, 2.75) is 13.0 Å². The van der Waals surface area contributed by atoms with Crippen molar-refractivity contribution in [2.24, 2.45) is 5.73 Å². The third-order valence-electron chi connectivity index (χ3n) is 3.51. The lowest BCUT2D eigenvalue weighted by molar-refractivity contribution is 0.721. The molecule has 0 aliphatic carbocycles. The molecule has 0 fully saturated rings. The van der Waals surface area contributed by atoms with Gasteiger partial charge in [0.15, 0.2) is 0 Å². The van der Waals surface area contributed by atoms with Crippen LogP contribution in [0.25, 0.3) is 0 Å². The maximum absolute atomic E-state index is 7.37. The number of anilines is 1. The van der Waals surface area contributed by atoms with E-state index in [1.807, 2.05) is 12.1 Å². The molecule has 19 heavy (non-hydrogen) atoms. The van der Waals surface area contributed by atoms with Crippen molar-refractivity contribution < 1.29 is 0 Å². The minimum absolute atomic E-state index is 0.0584. The summed E-state index contributed by atoms with van der Waals surface area (Å²) in [6.07, 6.45) is 2.71. The molecule has 2 aromatic rings. The Morgan fingerprint density at radius 1 is 1.16 bits per heavy atom. The number of rotatable bonds is 2. The van der Waals surface area contributed by atoms with Crippen LogP contribution < -0.4 is 10.6 Å². The van der Waals surface area contributed by atoms with E-state index in [4.69, 9.17) is 11.1 Å². The predicted molar refractivity (Wildman–Crippen MR) is 76.4 cm³/mol. The molecule has 0 unspecified atom stereocenters. The lowest BCUT2D eigenvalue weighted by Crippen LogP contribution is -2.31. The lowest BCUT2D eigenvalue weighted by Gasteiger charge is -2.29. The van der Waals surface area contributed by atoms with E-state index in [9.17, 15) is 0 Å². The summed E-state index contributed by atoms with van der Waals surface area (Å²) < 4.78 is 0. The van der Waals surface area contributed by atoms with Crippen LogP contribution in [0.5, 0.6) is 0 Å². The monoisotopic (exact) mass is 252 g/mol. The van der Waals surface area contributed by atoms with Gasteiger partial charge in [0.05, 0.1) is 0 Å². The highest BCUT2D eigenvalue weighted by molar-refractivity contribution is 5.94. The zero-order chi connectivity index (χ0) is 13.2. The average molecular weight is 252 g/mol. The van der Waals surface area contributed by atoms with Gasteiger partial charge in [-0.2, -0.15) is 0 Å². The molecule has 96 valence electrons. The Balaban J connectivity index is 1.83. The topological polar surface area (TPSA) is 66.0 Å². The van der Waals surface area contributed by atoms with Crippen LogP contribution in [0.3, 0.4) is 0 Å². The third kappa shape index (κ3) is 2.29. The van der Waals surface area contributed by atoms with Gasteiger partial charge in [-0.3, -0.25) is 5.41 Å². The van der Waals surface area contributed by atoms with E-state index in [-0.39, 0.29) is 5.84 Å². The fourth-order valence-electron chi connectivity index (χ4n) is 2.42. The summed E-state index contributed by atoms with van der Waals surface area (Å²) in [5, 5.41) is 7.37. The second-order valence-electron chi connectivity index (χ2n) is 4.76. The van der Waals surface area contributed by atoms with Gasteiger partial charge >= 0.3 is 0 Å². The SMILES string of the molecule is N=C(N)c1ccc(N2CCc3ccccc3C2)nc1. The van der Waals surface area contributed by atoms with Crippen molar-refractivity contribution >= 4 is 11.7 Å². The van der Waals surface area contributed by atoms with Crippen LogP contribution in [0.1, 0.15) is 16.7 Å². The Labute approximate surface area is 112 Å². The van der Waals surface area contributed by atoms with Gasteiger partial charge in [0.2, 0.25) is 0 Å². The van der Waals surface area contributed by atoms with Crippen molar-refractivity contribution in [1.29, 1.82) is 5.41 Å². The predicted octanol–water partition coefficient (Wildman–Crippen LogP) is 1.93. The number of hydrogen-bond donors (Lipinski definition) is 2. The smallest absolute Gasteiger partial charge is 0.128 e. The van der Waals surface area contributed by atoms with Crippen LogP contribution in [0.15, 0.2) is 42.6 Å². The van der Waals surface area contributed by atoms with E-state index < -0.39 is 0 Å². The first kappa shape index (κ1) is 11.7. The number of benzene rings is 1. The molecule has 4 heteroatoms. The summed E-state index contributed by atoms with van der Waals surface area (Å²) in [5.41, 5.74) is 8.90. The highest BCUT2D eigenvalue weighted by Gasteiger charge is 2.16. The van der Waals surface area contributed by atoms with E-state index in [0.29, 0.717) is 5.56 Å². The molecule has 1 aromatic carbocycles. The summed E-state index contributed by atoms with van der Waals surface area (Å²) in [4.78, 5) is 6.66. The molecule has 0 saturated heterocycles. The van der Waals surface area contributed by atoms with E-state index in [0.717, 1.165) is 25.3 Å². The highest BCUT2D eigenvalue weighted by atomic mass is 15.2. The number of nitrogen functional groups attached to an aromatic ring is 1. The van der Waals surface area contributed by atoms with Gasteiger partial charge in [0, 0.05) is 24.8 Å². The van der Waals surface area contributed by atoms with Gasteiger partial charge in [-0.25, -0.2) is 4.98 Å². The van der Waals surface area contributed by atoms with Gasteiger partial charge in [-0.15, -0.1) is 0 Å². The Kier molecular flexibility index (Phi) is 2.91. The first-order valence-corrected chi connectivity index (χ1v) is 6.36. The molecule has 0 atom stereocenters. The van der Waals surface area contributed by atoms with Crippen molar-refractivity contribution in [3.8, 4) is 0 Å². The van der Waals surface area contributed by atoms with E-state index in [2.05, 4.69) is 34.1 Å². The summed E-state index contributed by atoms with van der Waals surface area (Å²) in [6, 6.07) is 12.3. The molecular formula is C15H16N4. The van der Waals surface area contributed by atoms with Crippen LogP contribution in [-0.4, -0.2) is 17.4 Å². The highest BCUT2D eigenvalue weighted by Crippen LogP contribution is 2.22. The Bertz CT molecular complexity index is 604. The molecular weight excluding hydrogens is 236 g/mol. The molecule has 0 bridgehead atoms. The zero-order valence-corrected chi connectivity index (χ0v) is 10.6. The van der Waals surface area contributed by atoms with Crippen molar-refractivity contribution in [3.05, 3.63) is 59.3 Å². The second-order valence-corrected chi connectivity index (χ2v) is 4.76. The van der Waals surface area contributed by atoms with Crippen molar-refractivity contribution in [3.63, 3.8) is 0 Å². The number of nitrogens with one attached hydrogen (secondary N) is 1. The fraction of sp³-hybridized carbons (Fsp3) is 0.200.